The molecule has 5 aromatic rings. The van der Waals surface area contributed by atoms with Crippen LogP contribution in [-0.2, 0) is 19.6 Å². The van der Waals surface area contributed by atoms with E-state index in [0.29, 0.717) is 94.9 Å². The molecule has 7 N–H and O–H groups in total. The van der Waals surface area contributed by atoms with Crippen molar-refractivity contribution in [3.63, 3.8) is 0 Å². The third kappa shape index (κ3) is 13.4. The highest BCUT2D eigenvalue weighted by atomic mass is 16.5. The van der Waals surface area contributed by atoms with Crippen LogP contribution in [0.2, 0.25) is 0 Å². The Morgan fingerprint density at radius 3 is 2.24 bits per heavy atom. The average Bonchev–Trinajstić information content (AvgIpc) is 4.04. The molecule has 0 atom stereocenters. The number of imidazole rings is 1. The summed E-state index contributed by atoms with van der Waals surface area (Å²) in [5.41, 5.74) is 15.8. The van der Waals surface area contributed by atoms with Crippen molar-refractivity contribution in [3.05, 3.63) is 94.6 Å². The minimum atomic E-state index is -0.581. The monoisotopic (exact) mass is 909 g/mol. The molecule has 6 rings (SSSR count). The fourth-order valence-corrected chi connectivity index (χ4v) is 7.21. The van der Waals surface area contributed by atoms with Crippen LogP contribution in [0.25, 0.3) is 11.0 Å². The summed E-state index contributed by atoms with van der Waals surface area (Å²) in [6, 6.07) is 10.0. The van der Waals surface area contributed by atoms with Gasteiger partial charge in [-0.25, -0.2) is 4.98 Å². The summed E-state index contributed by atoms with van der Waals surface area (Å²) in [5, 5.41) is 18.0. The first-order chi connectivity index (χ1) is 32.0. The predicted octanol–water partition coefficient (Wildman–Crippen LogP) is 3.74. The van der Waals surface area contributed by atoms with Gasteiger partial charge in [-0.1, -0.05) is 24.3 Å². The Kier molecular flexibility index (Phi) is 20.2. The smallest absolute Gasteiger partial charge is 0.270 e. The van der Waals surface area contributed by atoms with E-state index in [0.717, 1.165) is 56.9 Å². The number of fused-ring (bicyclic) bond motifs is 1. The molecule has 2 aromatic carbocycles. The maximum Gasteiger partial charge on any atom is 0.270 e. The molecule has 354 valence electrons. The summed E-state index contributed by atoms with van der Waals surface area (Å²) in [7, 11) is 4.77. The van der Waals surface area contributed by atoms with Crippen molar-refractivity contribution >= 4 is 59.5 Å². The summed E-state index contributed by atoms with van der Waals surface area (Å²) in [6.45, 7) is 18.4. The molecule has 1 aliphatic heterocycles. The van der Waals surface area contributed by atoms with E-state index >= 15 is 0 Å². The van der Waals surface area contributed by atoms with Crippen molar-refractivity contribution in [2.45, 2.75) is 47.3 Å². The lowest BCUT2D eigenvalue weighted by molar-refractivity contribution is 0.0941. The molecule has 0 spiro atoms. The Morgan fingerprint density at radius 1 is 0.924 bits per heavy atom. The van der Waals surface area contributed by atoms with Gasteiger partial charge in [-0.3, -0.25) is 38.4 Å². The van der Waals surface area contributed by atoms with Gasteiger partial charge in [-0.05, 0) is 77.9 Å². The Hall–Kier alpha value is -7.16. The molecular weight excluding hydrogens is 845 g/mol. The van der Waals surface area contributed by atoms with Gasteiger partial charge in [0.1, 0.15) is 47.0 Å². The lowest BCUT2D eigenvalue weighted by Gasteiger charge is -2.27. The normalized spacial score (nSPS) is 12.5. The first-order valence-electron chi connectivity index (χ1n) is 21.6. The minimum absolute atomic E-state index is 0.0717. The first-order valence-corrected chi connectivity index (χ1v) is 21.6. The van der Waals surface area contributed by atoms with E-state index < -0.39 is 5.91 Å². The predicted molar refractivity (Wildman–Crippen MR) is 259 cm³/mol. The number of primary amides is 1. The molecule has 1 aliphatic rings. The number of allylic oxidation sites excluding steroid dienone is 1. The number of amides is 2. The molecule has 1 saturated heterocycles. The van der Waals surface area contributed by atoms with Crippen molar-refractivity contribution in [1.82, 2.24) is 44.6 Å². The lowest BCUT2D eigenvalue weighted by Crippen LogP contribution is -2.43. The van der Waals surface area contributed by atoms with E-state index in [9.17, 15) is 19.2 Å². The second-order valence-electron chi connectivity index (χ2n) is 14.7. The molecule has 0 unspecified atom stereocenters. The number of ether oxygens (including phenoxy) is 2. The third-order valence-corrected chi connectivity index (χ3v) is 10.3. The SMILES string of the molecule is C=Nc1cc(C=O)cc(OC)c1N(C/C=C/Cn1c(NC)nc2cc(C(N)=O)cc(OC/C=C/CN3CCNCC3)c21)CNC(=O)c1cc(C)nn1CC.CCn1nc(C)cc1C=O.CN. The zero-order valence-electron chi connectivity index (χ0n) is 39.0. The van der Waals surface area contributed by atoms with Crippen LogP contribution in [0.3, 0.4) is 0 Å². The zero-order valence-corrected chi connectivity index (χ0v) is 39.0. The number of piperazine rings is 1. The zero-order chi connectivity index (χ0) is 48.2. The highest BCUT2D eigenvalue weighted by Crippen LogP contribution is 2.39. The van der Waals surface area contributed by atoms with Crippen LogP contribution >= 0.6 is 0 Å². The van der Waals surface area contributed by atoms with E-state index in [2.05, 4.69) is 54.6 Å². The standard InChI is InChI=1S/C38H49N11O5.C7H10N2O.CH5N/c1-6-49-31(19-26(2)45-49)37(52)43-25-47(34-29(40-3)20-27(24-50)21-32(34)53-5)14-7-8-15-48-35-30(44-38(48)41-4)22-28(36(39)51)23-33(35)54-18-10-9-13-46-16-11-42-12-17-46;1-3-9-7(5-10)4-6(2)8-9;1-2/h7-10,19-24,42H,3,6,11-18,25H2,1-2,4-5H3,(H2,39,51)(H,41,44)(H,43,52);4-5H,3H2,1-2H3;2H2,1H3/b8-7+,10-9+;;. The van der Waals surface area contributed by atoms with Crippen LogP contribution in [0.15, 0.2) is 65.7 Å². The number of carbonyl (C=O) groups is 4. The number of nitrogens with one attached hydrogen (secondary N) is 3. The largest absolute Gasteiger partial charge is 0.494 e. The van der Waals surface area contributed by atoms with Gasteiger partial charge in [0.15, 0.2) is 6.29 Å². The molecule has 20 heteroatoms. The Balaban J connectivity index is 0.000000694. The van der Waals surface area contributed by atoms with E-state index in [-0.39, 0.29) is 12.6 Å². The molecule has 0 saturated carbocycles. The molecule has 0 radical (unpaired) electrons. The molecule has 2 amide bonds. The summed E-state index contributed by atoms with van der Waals surface area (Å²) in [4.78, 5) is 60.8. The number of benzene rings is 2. The number of carbonyl (C=O) groups excluding carboxylic acids is 4. The van der Waals surface area contributed by atoms with Gasteiger partial charge < -0.3 is 46.4 Å². The van der Waals surface area contributed by atoms with Gasteiger partial charge in [0.25, 0.3) is 5.91 Å². The molecule has 3 aromatic heterocycles. The van der Waals surface area contributed by atoms with Crippen molar-refractivity contribution in [1.29, 1.82) is 0 Å². The van der Waals surface area contributed by atoms with Crippen LogP contribution in [0.4, 0.5) is 17.3 Å². The van der Waals surface area contributed by atoms with Crippen LogP contribution < -0.4 is 41.8 Å². The molecule has 4 heterocycles. The lowest BCUT2D eigenvalue weighted by atomic mass is 10.1. The summed E-state index contributed by atoms with van der Waals surface area (Å²) in [6.07, 6.45) is 9.49. The molecule has 66 heavy (non-hydrogen) atoms. The Bertz CT molecular complexity index is 2480. The topological polar surface area (TPSA) is 247 Å². The number of aromatic nitrogens is 6. The number of anilines is 2. The molecule has 0 aliphatic carbocycles. The quantitative estimate of drug-likeness (QED) is 0.0305. The second kappa shape index (κ2) is 26.0. The van der Waals surface area contributed by atoms with Gasteiger partial charge in [0.2, 0.25) is 11.9 Å². The Labute approximate surface area is 385 Å². The number of aliphatic imine (C=N–C) groups is 1. The van der Waals surface area contributed by atoms with Gasteiger partial charge in [0, 0.05) is 77.1 Å². The minimum Gasteiger partial charge on any atom is -0.494 e. The maximum absolute atomic E-state index is 13.3. The molecule has 0 bridgehead atoms. The average molecular weight is 909 g/mol. The number of hydrogen-bond acceptors (Lipinski definition) is 15. The van der Waals surface area contributed by atoms with E-state index in [1.807, 2.05) is 55.4 Å². The Morgan fingerprint density at radius 2 is 1.62 bits per heavy atom. The molecule has 1 fully saturated rings. The summed E-state index contributed by atoms with van der Waals surface area (Å²) < 4.78 is 17.2. The fourth-order valence-electron chi connectivity index (χ4n) is 7.21. The van der Waals surface area contributed by atoms with Gasteiger partial charge >= 0.3 is 0 Å². The summed E-state index contributed by atoms with van der Waals surface area (Å²) >= 11 is 0. The number of rotatable bonds is 21. The van der Waals surface area contributed by atoms with Gasteiger partial charge in [0.05, 0.1) is 36.4 Å². The second-order valence-corrected chi connectivity index (χ2v) is 14.7. The molecule has 20 nitrogen and oxygen atoms in total. The van der Waals surface area contributed by atoms with Gasteiger partial charge in [-0.2, -0.15) is 10.2 Å². The van der Waals surface area contributed by atoms with Crippen LogP contribution in [0.1, 0.15) is 66.9 Å². The van der Waals surface area contributed by atoms with Crippen LogP contribution in [-0.4, -0.2) is 139 Å². The van der Waals surface area contributed by atoms with Crippen LogP contribution in [0.5, 0.6) is 11.5 Å². The number of hydrogen-bond donors (Lipinski definition) is 5. The number of methoxy groups -OCH3 is 1. The van der Waals surface area contributed by atoms with E-state index in [4.69, 9.17) is 20.2 Å². The van der Waals surface area contributed by atoms with Crippen molar-refractivity contribution in [3.8, 4) is 11.5 Å². The summed E-state index contributed by atoms with van der Waals surface area (Å²) in [5.74, 6) is 0.553. The number of nitrogens with zero attached hydrogens (tertiary/aromatic N) is 9. The fraction of sp³-hybridized carbons (Fsp3) is 0.391. The van der Waals surface area contributed by atoms with Crippen molar-refractivity contribution < 1.29 is 28.7 Å². The third-order valence-electron chi connectivity index (χ3n) is 10.3. The maximum atomic E-state index is 13.3. The number of aldehydes is 2. The van der Waals surface area contributed by atoms with Crippen LogP contribution in [0, 0.1) is 13.8 Å². The highest BCUT2D eigenvalue weighted by molar-refractivity contribution is 5.99. The van der Waals surface area contributed by atoms with Crippen molar-refractivity contribution in [2.75, 3.05) is 84.0 Å². The highest BCUT2D eigenvalue weighted by Gasteiger charge is 2.21. The number of nitrogens with two attached hydrogens (primary N) is 2. The van der Waals surface area contributed by atoms with E-state index in [1.54, 1.807) is 52.8 Å². The molecular formula is C46H64N14O6. The van der Waals surface area contributed by atoms with E-state index in [1.165, 1.54) is 14.2 Å². The number of aryl methyl sites for hydroxylation is 4. The van der Waals surface area contributed by atoms with Gasteiger partial charge in [-0.15, -0.1) is 0 Å². The first kappa shape index (κ1) is 51.5. The van der Waals surface area contributed by atoms with Crippen molar-refractivity contribution in [2.24, 2.45) is 16.5 Å².